The number of carbonyl (C=O) groups excluding carboxylic acids is 1. The van der Waals surface area contributed by atoms with E-state index in [1.54, 1.807) is 30.5 Å². The molecule has 1 amide bonds. The van der Waals surface area contributed by atoms with Crippen LogP contribution in [0.25, 0.3) is 11.4 Å². The van der Waals surface area contributed by atoms with Crippen LogP contribution < -0.4 is 16.4 Å². The lowest BCUT2D eigenvalue weighted by Crippen LogP contribution is -2.17. The van der Waals surface area contributed by atoms with Crippen molar-refractivity contribution in [3.63, 3.8) is 0 Å². The van der Waals surface area contributed by atoms with Crippen molar-refractivity contribution in [3.8, 4) is 11.4 Å². The molecule has 6 N–H and O–H groups in total. The van der Waals surface area contributed by atoms with Crippen molar-refractivity contribution in [1.29, 1.82) is 0 Å². The molecule has 0 saturated heterocycles. The standard InChI is InChI=1S/C18H20N6O.CH2O2/c19-15(25)11-5-7-13(8-6-11)22-18-23-16-14(9-10-20-16)17(24-18)21-12-3-1-2-4-12;2-1-3/h5-10,12H,1-4H2,(H2,19,25)(H3,20,21,22,23,24);1H,(H,2,3). The molecule has 1 fully saturated rings. The summed E-state index contributed by atoms with van der Waals surface area (Å²) in [6.07, 6.45) is 6.64. The van der Waals surface area contributed by atoms with Gasteiger partial charge in [-0.3, -0.25) is 9.59 Å². The smallest absolute Gasteiger partial charge is 0.290 e. The average Bonchev–Trinajstić information content (AvgIpc) is 3.34. The number of primary amides is 1. The van der Waals surface area contributed by atoms with E-state index in [1.165, 1.54) is 25.7 Å². The molecule has 0 spiro atoms. The lowest BCUT2D eigenvalue weighted by atomic mass is 10.2. The monoisotopic (exact) mass is 382 g/mol. The second-order valence-electron chi connectivity index (χ2n) is 6.44. The van der Waals surface area contributed by atoms with Gasteiger partial charge < -0.3 is 26.5 Å². The summed E-state index contributed by atoms with van der Waals surface area (Å²) in [6.45, 7) is -0.250. The van der Waals surface area contributed by atoms with Crippen LogP contribution in [0.15, 0.2) is 36.5 Å². The van der Waals surface area contributed by atoms with E-state index in [0.717, 1.165) is 22.9 Å². The van der Waals surface area contributed by atoms with Crippen molar-refractivity contribution < 1.29 is 14.7 Å². The van der Waals surface area contributed by atoms with Gasteiger partial charge in [-0.15, -0.1) is 0 Å². The number of hydrogen-bond acceptors (Lipinski definition) is 6. The molecular weight excluding hydrogens is 360 g/mol. The molecule has 2 heterocycles. The molecule has 2 aliphatic heterocycles. The summed E-state index contributed by atoms with van der Waals surface area (Å²) < 4.78 is 0. The van der Waals surface area contributed by atoms with Gasteiger partial charge in [-0.2, -0.15) is 4.98 Å². The minimum Gasteiger partial charge on any atom is -0.483 e. The lowest BCUT2D eigenvalue weighted by molar-refractivity contribution is -0.122. The first-order valence-electron chi connectivity index (χ1n) is 8.96. The SMILES string of the molecule is NC(=O)c1ccc(Nc2nc(NC3CCCC3)c3ccnc-3[nH]2)cc1.O=CO. The van der Waals surface area contributed by atoms with Gasteiger partial charge in [0.05, 0.1) is 5.56 Å². The van der Waals surface area contributed by atoms with E-state index < -0.39 is 5.91 Å². The molecule has 0 radical (unpaired) electrons. The third-order valence-electron chi connectivity index (χ3n) is 4.54. The third kappa shape index (κ3) is 4.56. The number of H-pyrrole nitrogens is 1. The maximum atomic E-state index is 11.2. The molecule has 3 aliphatic rings. The molecular formula is C19H22N6O3. The van der Waals surface area contributed by atoms with Crippen LogP contribution in [-0.2, 0) is 4.79 Å². The fraction of sp³-hybridized carbons (Fsp3) is 0.263. The fourth-order valence-electron chi connectivity index (χ4n) is 3.22. The van der Waals surface area contributed by atoms with Crippen LogP contribution in [0.1, 0.15) is 36.0 Å². The highest BCUT2D eigenvalue weighted by Gasteiger charge is 2.20. The first kappa shape index (κ1) is 19.2. The van der Waals surface area contributed by atoms with Gasteiger partial charge >= 0.3 is 0 Å². The lowest BCUT2D eigenvalue weighted by Gasteiger charge is -2.17. The maximum absolute atomic E-state index is 11.2. The average molecular weight is 382 g/mol. The summed E-state index contributed by atoms with van der Waals surface area (Å²) in [4.78, 5) is 31.8. The number of fused-ring (bicyclic) bond motifs is 1. The van der Waals surface area contributed by atoms with Crippen molar-refractivity contribution in [2.24, 2.45) is 5.73 Å². The second kappa shape index (κ2) is 8.85. The molecule has 0 aromatic heterocycles. The number of aromatic amines is 1. The molecule has 1 aromatic rings. The Hall–Kier alpha value is -3.62. The first-order valence-corrected chi connectivity index (χ1v) is 8.96. The van der Waals surface area contributed by atoms with E-state index in [0.29, 0.717) is 17.6 Å². The minimum atomic E-state index is -0.443. The third-order valence-corrected chi connectivity index (χ3v) is 4.54. The second-order valence-corrected chi connectivity index (χ2v) is 6.44. The van der Waals surface area contributed by atoms with Crippen LogP contribution in [-0.4, -0.2) is 38.5 Å². The van der Waals surface area contributed by atoms with Crippen molar-refractivity contribution >= 4 is 29.8 Å². The minimum absolute atomic E-state index is 0.250. The Morgan fingerprint density at radius 1 is 1.21 bits per heavy atom. The number of amides is 1. The summed E-state index contributed by atoms with van der Waals surface area (Å²) in [5.41, 5.74) is 7.54. The molecule has 146 valence electrons. The Bertz CT molecular complexity index is 902. The molecule has 1 aromatic carbocycles. The molecule has 0 atom stereocenters. The van der Waals surface area contributed by atoms with E-state index in [1.807, 2.05) is 6.07 Å². The molecule has 4 rings (SSSR count). The van der Waals surface area contributed by atoms with Crippen LogP contribution in [0.4, 0.5) is 17.5 Å². The number of benzene rings is 1. The maximum Gasteiger partial charge on any atom is 0.290 e. The molecule has 1 saturated carbocycles. The Kier molecular flexibility index (Phi) is 6.05. The molecule has 9 nitrogen and oxygen atoms in total. The van der Waals surface area contributed by atoms with Crippen molar-refractivity contribution in [3.05, 3.63) is 42.1 Å². The predicted octanol–water partition coefficient (Wildman–Crippen LogP) is 2.81. The van der Waals surface area contributed by atoms with Crippen molar-refractivity contribution in [1.82, 2.24) is 15.0 Å². The van der Waals surface area contributed by atoms with E-state index in [9.17, 15) is 4.79 Å². The molecule has 0 unspecified atom stereocenters. The van der Waals surface area contributed by atoms with Crippen LogP contribution >= 0.6 is 0 Å². The number of nitrogens with one attached hydrogen (secondary N) is 3. The zero-order valence-electron chi connectivity index (χ0n) is 15.2. The van der Waals surface area contributed by atoms with Crippen LogP contribution in [0.2, 0.25) is 0 Å². The normalized spacial score (nSPS) is 13.6. The van der Waals surface area contributed by atoms with Crippen molar-refractivity contribution in [2.75, 3.05) is 10.6 Å². The van der Waals surface area contributed by atoms with E-state index in [4.69, 9.17) is 15.6 Å². The quantitative estimate of drug-likeness (QED) is 0.426. The van der Waals surface area contributed by atoms with Crippen LogP contribution in [0.5, 0.6) is 0 Å². The van der Waals surface area contributed by atoms with Gasteiger partial charge in [0.15, 0.2) is 0 Å². The van der Waals surface area contributed by atoms with E-state index >= 15 is 0 Å². The zero-order valence-corrected chi connectivity index (χ0v) is 15.2. The Labute approximate surface area is 161 Å². The number of carboxylic acid groups (broad SMARTS) is 1. The van der Waals surface area contributed by atoms with Crippen LogP contribution in [0.3, 0.4) is 0 Å². The highest BCUT2D eigenvalue weighted by Crippen LogP contribution is 2.31. The predicted molar refractivity (Wildman–Crippen MR) is 106 cm³/mol. The number of aromatic nitrogens is 3. The van der Waals surface area contributed by atoms with E-state index in [2.05, 4.69) is 25.6 Å². The summed E-state index contributed by atoms with van der Waals surface area (Å²) in [7, 11) is 0. The summed E-state index contributed by atoms with van der Waals surface area (Å²) in [5, 5.41) is 13.7. The van der Waals surface area contributed by atoms with Gasteiger partial charge in [-0.05, 0) is 43.2 Å². The number of hydrogen-bond donors (Lipinski definition) is 5. The number of nitrogens with two attached hydrogens (primary N) is 1. The summed E-state index contributed by atoms with van der Waals surface area (Å²) in [5.74, 6) is 1.78. The van der Waals surface area contributed by atoms with Gasteiger partial charge in [-0.1, -0.05) is 12.8 Å². The number of anilines is 3. The number of rotatable bonds is 5. The van der Waals surface area contributed by atoms with Gasteiger partial charge in [0, 0.05) is 23.5 Å². The molecule has 1 aliphatic carbocycles. The first-order chi connectivity index (χ1) is 13.6. The Balaban J connectivity index is 0.000000706. The van der Waals surface area contributed by atoms with Gasteiger partial charge in [0.2, 0.25) is 11.9 Å². The van der Waals surface area contributed by atoms with Gasteiger partial charge in [0.1, 0.15) is 11.6 Å². The zero-order chi connectivity index (χ0) is 19.9. The molecule has 9 heteroatoms. The van der Waals surface area contributed by atoms with E-state index in [-0.39, 0.29) is 6.47 Å². The topological polar surface area (TPSA) is 146 Å². The summed E-state index contributed by atoms with van der Waals surface area (Å²) in [6, 6.07) is 9.38. The number of carbonyl (C=O) groups is 2. The highest BCUT2D eigenvalue weighted by molar-refractivity contribution is 5.93. The highest BCUT2D eigenvalue weighted by atomic mass is 16.3. The largest absolute Gasteiger partial charge is 0.483 e. The van der Waals surface area contributed by atoms with Gasteiger partial charge in [-0.25, -0.2) is 4.98 Å². The fourth-order valence-corrected chi connectivity index (χ4v) is 3.22. The van der Waals surface area contributed by atoms with Crippen molar-refractivity contribution in [2.45, 2.75) is 31.7 Å². The number of nitrogens with zero attached hydrogens (tertiary/aromatic N) is 2. The van der Waals surface area contributed by atoms with Crippen LogP contribution in [0, 0.1) is 0 Å². The van der Waals surface area contributed by atoms with Gasteiger partial charge in [0.25, 0.3) is 6.47 Å². The Morgan fingerprint density at radius 2 is 1.89 bits per heavy atom. The molecule has 0 bridgehead atoms. The summed E-state index contributed by atoms with van der Waals surface area (Å²) >= 11 is 0. The molecule has 28 heavy (non-hydrogen) atoms. The Morgan fingerprint density at radius 3 is 2.54 bits per heavy atom.